The van der Waals surface area contributed by atoms with Crippen molar-refractivity contribution in [3.8, 4) is 11.1 Å². The number of pyridine rings is 1. The van der Waals surface area contributed by atoms with Gasteiger partial charge in [0.05, 0.1) is 5.56 Å². The second-order valence-electron chi connectivity index (χ2n) is 4.07. The quantitative estimate of drug-likeness (QED) is 0.800. The minimum absolute atomic E-state index is 0.0679. The van der Waals surface area contributed by atoms with Crippen LogP contribution in [0.15, 0.2) is 30.5 Å². The number of hydrogen-bond acceptors (Lipinski definition) is 2. The van der Waals surface area contributed by atoms with Gasteiger partial charge >= 0.3 is 6.18 Å². The van der Waals surface area contributed by atoms with Crippen LogP contribution in [-0.4, -0.2) is 4.98 Å². The van der Waals surface area contributed by atoms with Crippen molar-refractivity contribution in [2.75, 3.05) is 5.73 Å². The summed E-state index contributed by atoms with van der Waals surface area (Å²) in [7, 11) is 0. The maximum Gasteiger partial charge on any atom is 0.417 e. The molecule has 0 unspecified atom stereocenters. The first-order valence-corrected chi connectivity index (χ1v) is 5.39. The molecule has 0 aliphatic carbocycles. The summed E-state index contributed by atoms with van der Waals surface area (Å²) in [5, 5.41) is 0. The minimum Gasteiger partial charge on any atom is -0.383 e. The third-order valence-electron chi connectivity index (χ3n) is 2.80. The van der Waals surface area contributed by atoms with E-state index in [0.717, 1.165) is 6.07 Å². The summed E-state index contributed by atoms with van der Waals surface area (Å²) < 4.78 is 51.4. The summed E-state index contributed by atoms with van der Waals surface area (Å²) in [6.07, 6.45) is -3.86. The number of hydrogen-bond donors (Lipinski definition) is 1. The number of halogens is 4. The predicted octanol–water partition coefficient (Wildman–Crippen LogP) is 3.80. The van der Waals surface area contributed by atoms with Crippen LogP contribution in [0.3, 0.4) is 0 Å². The lowest BCUT2D eigenvalue weighted by atomic mass is 9.99. The Kier molecular flexibility index (Phi) is 3.18. The third kappa shape index (κ3) is 2.52. The van der Waals surface area contributed by atoms with Gasteiger partial charge in [0.15, 0.2) is 0 Å². The van der Waals surface area contributed by atoms with Gasteiger partial charge in [-0.3, -0.25) is 0 Å². The van der Waals surface area contributed by atoms with Crippen molar-refractivity contribution >= 4 is 5.82 Å². The molecule has 0 spiro atoms. The second kappa shape index (κ2) is 4.53. The molecule has 1 aromatic carbocycles. The molecule has 0 aliphatic heterocycles. The number of anilines is 1. The first-order chi connectivity index (χ1) is 8.80. The number of aromatic nitrogens is 1. The molecule has 0 aliphatic rings. The topological polar surface area (TPSA) is 38.9 Å². The summed E-state index contributed by atoms with van der Waals surface area (Å²) in [6.45, 7) is 1.48. The van der Waals surface area contributed by atoms with Gasteiger partial charge in [0.2, 0.25) is 0 Å². The van der Waals surface area contributed by atoms with Crippen molar-refractivity contribution < 1.29 is 17.6 Å². The monoisotopic (exact) mass is 270 g/mol. The molecule has 100 valence electrons. The highest BCUT2D eigenvalue weighted by molar-refractivity contribution is 5.76. The molecular formula is C13H10F4N2. The number of nitrogens with two attached hydrogens (primary N) is 1. The molecule has 0 fully saturated rings. The summed E-state index contributed by atoms with van der Waals surface area (Å²) in [6, 6.07) is 5.03. The number of rotatable bonds is 1. The van der Waals surface area contributed by atoms with Gasteiger partial charge in [-0.25, -0.2) is 9.37 Å². The van der Waals surface area contributed by atoms with Gasteiger partial charge in [0.1, 0.15) is 11.6 Å². The van der Waals surface area contributed by atoms with E-state index in [0.29, 0.717) is 11.8 Å². The average Bonchev–Trinajstić information content (AvgIpc) is 2.32. The van der Waals surface area contributed by atoms with Gasteiger partial charge in [-0.2, -0.15) is 13.2 Å². The van der Waals surface area contributed by atoms with Crippen molar-refractivity contribution in [2.24, 2.45) is 0 Å². The first-order valence-electron chi connectivity index (χ1n) is 5.39. The Bertz CT molecular complexity index is 621. The predicted molar refractivity (Wildman–Crippen MR) is 63.8 cm³/mol. The van der Waals surface area contributed by atoms with Crippen LogP contribution < -0.4 is 5.73 Å². The van der Waals surface area contributed by atoms with Crippen LogP contribution in [0, 0.1) is 12.7 Å². The zero-order chi connectivity index (χ0) is 14.2. The van der Waals surface area contributed by atoms with Crippen molar-refractivity contribution in [3.63, 3.8) is 0 Å². The highest BCUT2D eigenvalue weighted by atomic mass is 19.4. The lowest BCUT2D eigenvalue weighted by Gasteiger charge is -2.12. The van der Waals surface area contributed by atoms with Crippen LogP contribution in [0.4, 0.5) is 23.4 Å². The fraction of sp³-hybridized carbons (Fsp3) is 0.154. The van der Waals surface area contributed by atoms with E-state index in [9.17, 15) is 17.6 Å². The lowest BCUT2D eigenvalue weighted by molar-refractivity contribution is -0.137. The molecule has 1 aromatic heterocycles. The number of nitrogen functional groups attached to an aromatic ring is 1. The molecule has 0 saturated heterocycles. The standard InChI is InChI=1S/C13H10F4N2/c1-7-9(3-2-4-11(7)14)10-5-8(13(15,16)17)6-19-12(10)18/h2-6H,1H3,(H2,18,19). The zero-order valence-electron chi connectivity index (χ0n) is 9.92. The Morgan fingerprint density at radius 3 is 2.47 bits per heavy atom. The van der Waals surface area contributed by atoms with Crippen LogP contribution in [0.2, 0.25) is 0 Å². The van der Waals surface area contributed by atoms with Crippen molar-refractivity contribution in [1.29, 1.82) is 0 Å². The summed E-state index contributed by atoms with van der Waals surface area (Å²) >= 11 is 0. The highest BCUT2D eigenvalue weighted by Crippen LogP contribution is 2.35. The van der Waals surface area contributed by atoms with Gasteiger partial charge in [-0.1, -0.05) is 12.1 Å². The highest BCUT2D eigenvalue weighted by Gasteiger charge is 2.31. The maximum atomic E-state index is 13.4. The summed E-state index contributed by atoms with van der Waals surface area (Å²) in [5.41, 5.74) is 5.28. The molecule has 2 N–H and O–H groups in total. The molecule has 0 bridgehead atoms. The molecule has 0 saturated carbocycles. The van der Waals surface area contributed by atoms with Crippen molar-refractivity contribution in [1.82, 2.24) is 4.98 Å². The zero-order valence-corrected chi connectivity index (χ0v) is 9.92. The van der Waals surface area contributed by atoms with Crippen molar-refractivity contribution in [2.45, 2.75) is 13.1 Å². The van der Waals surface area contributed by atoms with E-state index in [2.05, 4.69) is 4.98 Å². The molecule has 0 amide bonds. The fourth-order valence-corrected chi connectivity index (χ4v) is 1.75. The Hall–Kier alpha value is -2.11. The normalized spacial score (nSPS) is 11.6. The van der Waals surface area contributed by atoms with E-state index in [1.54, 1.807) is 0 Å². The minimum atomic E-state index is -4.52. The molecule has 6 heteroatoms. The summed E-state index contributed by atoms with van der Waals surface area (Å²) in [5.74, 6) is -0.573. The first kappa shape index (κ1) is 13.3. The molecular weight excluding hydrogens is 260 g/mol. The Morgan fingerprint density at radius 1 is 1.16 bits per heavy atom. The van der Waals surface area contributed by atoms with Gasteiger partial charge in [-0.05, 0) is 30.2 Å². The van der Waals surface area contributed by atoms with Crippen molar-refractivity contribution in [3.05, 3.63) is 47.4 Å². The Labute approximate surface area is 106 Å². The molecule has 1 heterocycles. The molecule has 0 radical (unpaired) electrons. The van der Waals surface area contributed by atoms with Gasteiger partial charge in [0, 0.05) is 11.8 Å². The van der Waals surface area contributed by atoms with Crippen LogP contribution >= 0.6 is 0 Å². The lowest BCUT2D eigenvalue weighted by Crippen LogP contribution is -2.07. The van der Waals surface area contributed by atoms with Crippen LogP contribution in [0.25, 0.3) is 11.1 Å². The van der Waals surface area contributed by atoms with E-state index in [1.807, 2.05) is 0 Å². The fourth-order valence-electron chi connectivity index (χ4n) is 1.75. The maximum absolute atomic E-state index is 13.4. The molecule has 2 aromatic rings. The Balaban J connectivity index is 2.65. The van der Waals surface area contributed by atoms with Gasteiger partial charge in [-0.15, -0.1) is 0 Å². The summed E-state index contributed by atoms with van der Waals surface area (Å²) in [4.78, 5) is 3.53. The third-order valence-corrected chi connectivity index (χ3v) is 2.80. The van der Waals surface area contributed by atoms with E-state index >= 15 is 0 Å². The Morgan fingerprint density at radius 2 is 1.84 bits per heavy atom. The number of alkyl halides is 3. The molecule has 2 nitrogen and oxygen atoms in total. The van der Waals surface area contributed by atoms with Crippen LogP contribution in [-0.2, 0) is 6.18 Å². The smallest absolute Gasteiger partial charge is 0.383 e. The second-order valence-corrected chi connectivity index (χ2v) is 4.07. The molecule has 0 atom stereocenters. The van der Waals surface area contributed by atoms with Gasteiger partial charge in [0.25, 0.3) is 0 Å². The van der Waals surface area contributed by atoms with Gasteiger partial charge < -0.3 is 5.73 Å². The SMILES string of the molecule is Cc1c(F)cccc1-c1cc(C(F)(F)F)cnc1N. The molecule has 19 heavy (non-hydrogen) atoms. The largest absolute Gasteiger partial charge is 0.417 e. The molecule has 2 rings (SSSR count). The average molecular weight is 270 g/mol. The van der Waals surface area contributed by atoms with E-state index < -0.39 is 17.6 Å². The number of nitrogens with zero attached hydrogens (tertiary/aromatic N) is 1. The van der Waals surface area contributed by atoms with Crippen LogP contribution in [0.5, 0.6) is 0 Å². The number of benzene rings is 1. The van der Waals surface area contributed by atoms with Crippen LogP contribution in [0.1, 0.15) is 11.1 Å². The van der Waals surface area contributed by atoms with E-state index in [4.69, 9.17) is 5.73 Å². The van der Waals surface area contributed by atoms with E-state index in [-0.39, 0.29) is 16.9 Å². The van der Waals surface area contributed by atoms with E-state index in [1.165, 1.54) is 25.1 Å².